The SMILES string of the molecule is Brc1ccc(Br)n1-c1ccccc1.C1CCOC1.CCOP(C)(=O)CCBr.Cc1ccncc1.O=CCC[n+]1ccc(-c2ccc(-c3cc[n+](CCP(=O)(O)O)cc3)n2-c2ccccc2)cc1.[B]=NS.c1ccc(-n2c(-c3ccncc3)ccc2-c2ccncc2)cc1.c1ccc(-n2cccc2)cc1. The summed E-state index contributed by atoms with van der Waals surface area (Å²) in [6.07, 6.45) is 27.0. The second kappa shape index (κ2) is 45.6. The summed E-state index contributed by atoms with van der Waals surface area (Å²) in [5.41, 5.74) is 14.4. The number of aldehydes is 1. The van der Waals surface area contributed by atoms with Gasteiger partial charge in [-0.3, -0.25) is 28.6 Å². The molecule has 1 unspecified atom stereocenters. The van der Waals surface area contributed by atoms with E-state index in [1.54, 1.807) is 23.6 Å². The Bertz CT molecular complexity index is 4540. The van der Waals surface area contributed by atoms with Gasteiger partial charge in [0.2, 0.25) is 7.37 Å². The Morgan fingerprint density at radius 3 is 1.21 bits per heavy atom. The average molecular weight is 1640 g/mol. The average Bonchev–Trinajstić information content (AvgIpc) is 1.63. The van der Waals surface area contributed by atoms with Crippen LogP contribution in [0.3, 0.4) is 0 Å². The van der Waals surface area contributed by atoms with Gasteiger partial charge in [0.25, 0.3) is 0 Å². The van der Waals surface area contributed by atoms with Crippen molar-refractivity contribution in [2.24, 2.45) is 4.30 Å². The van der Waals surface area contributed by atoms with E-state index >= 15 is 0 Å². The number of aryl methyl sites for hydroxylation is 3. The molecule has 1 saturated heterocycles. The van der Waals surface area contributed by atoms with E-state index in [9.17, 15) is 13.9 Å². The summed E-state index contributed by atoms with van der Waals surface area (Å²) in [5.74, 6) is 0. The van der Waals surface area contributed by atoms with Crippen molar-refractivity contribution in [3.63, 3.8) is 0 Å². The van der Waals surface area contributed by atoms with E-state index in [0.29, 0.717) is 25.7 Å². The van der Waals surface area contributed by atoms with Crippen LogP contribution in [0, 0.1) is 6.92 Å². The van der Waals surface area contributed by atoms with Gasteiger partial charge in [0.1, 0.15) is 12.4 Å². The molecule has 1 radical (unpaired) electrons. The predicted molar refractivity (Wildman–Crippen MR) is 434 cm³/mol. The van der Waals surface area contributed by atoms with Crippen molar-refractivity contribution in [2.45, 2.75) is 46.2 Å². The first-order chi connectivity index (χ1) is 50.6. The molecule has 13 aromatic rings. The molecule has 1 aliphatic rings. The van der Waals surface area contributed by atoms with Crippen molar-refractivity contribution >= 4 is 89.5 Å². The normalized spacial score (nSPS) is 11.7. The number of alkyl halides is 1. The third-order valence-corrected chi connectivity index (χ3v) is 20.2. The Kier molecular flexibility index (Phi) is 36.2. The van der Waals surface area contributed by atoms with E-state index in [1.807, 2.05) is 226 Å². The van der Waals surface area contributed by atoms with Crippen molar-refractivity contribution in [3.05, 3.63) is 320 Å². The summed E-state index contributed by atoms with van der Waals surface area (Å²) in [7, 11) is -1.94. The molecule has 4 aromatic carbocycles. The Morgan fingerprint density at radius 1 is 0.529 bits per heavy atom. The van der Waals surface area contributed by atoms with Gasteiger partial charge in [0.15, 0.2) is 37.9 Å². The molecule has 14 rings (SSSR count). The standard InChI is InChI=1S/C25H24N3O4P.C20H15N3.C10H7Br2N.C10H9N.C6H7N.C5H12BrO2P.C4H8O.BHNS/c29-19-4-13-26-14-9-21(10-15-26)24-7-8-25(28(24)23-5-2-1-3-6-23)22-11-16-27(17-12-22)18-20-33(30,31)32;1-2-4-18(5-3-1)23-19(16-8-12-21-13-9-16)6-7-20(23)17-10-14-22-15-11-17;11-9-6-7-10(12)13(9)8-4-2-1-3-5-8;1-2-6-10(7-3-1)11-8-4-5-9-11;1-6-2-4-7-5-3-6;1-3-8-9(2,7)5-4-6;1-2-4-5-3-1;1-2-3/h1-3,5-12,14-17,19H,4,13,18,20H2;1-15H;1-7H;1-9H;2-5H,1H3;3-5H2,1-2H3;1-4H2;3H/p+2. The maximum Gasteiger partial charge on any atom is 0.0536 e. The zero-order valence-corrected chi connectivity index (χ0v) is 65.6. The number of pyridine rings is 5. The van der Waals surface area contributed by atoms with Crippen molar-refractivity contribution in [1.82, 2.24) is 33.2 Å². The number of benzene rings is 4. The van der Waals surface area contributed by atoms with Gasteiger partial charge in [-0.15, -0.1) is 0 Å². The molecule has 1 atom stereocenters. The number of aromatic nitrogens is 9. The monoisotopic (exact) mass is 1640 g/mol. The quantitative estimate of drug-likeness (QED) is 0.0186. The van der Waals surface area contributed by atoms with Crippen molar-refractivity contribution in [1.29, 1.82) is 0 Å². The number of ether oxygens (including phenoxy) is 1. The Labute approximate surface area is 642 Å². The van der Waals surface area contributed by atoms with Gasteiger partial charge in [-0.25, -0.2) is 9.13 Å². The minimum absolute atomic E-state index is 0.192. The summed E-state index contributed by atoms with van der Waals surface area (Å²) in [6, 6.07) is 77.5. The summed E-state index contributed by atoms with van der Waals surface area (Å²) in [4.78, 5) is 41.0. The van der Waals surface area contributed by atoms with Crippen LogP contribution < -0.4 is 9.13 Å². The molecule has 17 nitrogen and oxygen atoms in total. The Morgan fingerprint density at radius 2 is 0.885 bits per heavy atom. The molecule has 0 aliphatic carbocycles. The van der Waals surface area contributed by atoms with Crippen molar-refractivity contribution < 1.29 is 42.1 Å². The molecule has 104 heavy (non-hydrogen) atoms. The van der Waals surface area contributed by atoms with Gasteiger partial charge in [0, 0.05) is 150 Å². The molecule has 9 aromatic heterocycles. The molecule has 1 aliphatic heterocycles. The molecule has 0 bridgehead atoms. The first-order valence-electron chi connectivity index (χ1n) is 33.4. The molecular weight excluding hydrogens is 1560 g/mol. The van der Waals surface area contributed by atoms with E-state index in [0.717, 1.165) is 96.1 Å². The zero-order chi connectivity index (χ0) is 74.2. The molecular formula is C80H85BBr3N10O7P2S+2. The van der Waals surface area contributed by atoms with Crippen LogP contribution in [0.4, 0.5) is 0 Å². The second-order valence-corrected chi connectivity index (χ2v) is 30.1. The minimum atomic E-state index is -4.03. The van der Waals surface area contributed by atoms with Crippen LogP contribution in [-0.2, 0) is 36.3 Å². The molecule has 24 heteroatoms. The summed E-state index contributed by atoms with van der Waals surface area (Å²) >= 11 is 13.4. The maximum atomic E-state index is 11.2. The molecule has 1 fully saturated rings. The van der Waals surface area contributed by atoms with Crippen LogP contribution >= 0.6 is 75.6 Å². The zero-order valence-electron chi connectivity index (χ0n) is 58.2. The molecule has 0 spiro atoms. The van der Waals surface area contributed by atoms with Gasteiger partial charge >= 0.3 is 32.3 Å². The predicted octanol–water partition coefficient (Wildman–Crippen LogP) is 18.9. The molecule has 10 heterocycles. The topological polar surface area (TPSA) is 189 Å². The third kappa shape index (κ3) is 28.1. The summed E-state index contributed by atoms with van der Waals surface area (Å²) < 4.78 is 49.4. The number of nitrogens with zero attached hydrogens (tertiary/aromatic N) is 10. The number of carbonyl (C=O) groups is 1. The number of thiol groups is 1. The molecule has 2 N–H and O–H groups in total. The molecule has 0 saturated carbocycles. The third-order valence-electron chi connectivity index (χ3n) is 15.3. The van der Waals surface area contributed by atoms with Gasteiger partial charge in [-0.2, -0.15) is 0 Å². The first kappa shape index (κ1) is 82.7. The largest absolute Gasteiger partial charge is 0.324 e. The summed E-state index contributed by atoms with van der Waals surface area (Å²) in [6.45, 7) is 9.01. The van der Waals surface area contributed by atoms with Crippen molar-refractivity contribution in [2.75, 3.05) is 44.1 Å². The van der Waals surface area contributed by atoms with Gasteiger partial charge in [0.05, 0.1) is 45.0 Å². The minimum Gasteiger partial charge on any atom is -0.324 e. The number of carbonyl (C=O) groups excluding carboxylic acids is 1. The van der Waals surface area contributed by atoms with Crippen LogP contribution in [0.15, 0.2) is 318 Å². The first-order valence-corrected chi connectivity index (χ1v) is 40.6. The van der Waals surface area contributed by atoms with E-state index < -0.39 is 15.0 Å². The van der Waals surface area contributed by atoms with E-state index in [2.05, 4.69) is 191 Å². The number of para-hydroxylation sites is 4. The smallest absolute Gasteiger partial charge is 0.0536 e. The fourth-order valence-electron chi connectivity index (χ4n) is 10.3. The van der Waals surface area contributed by atoms with Crippen LogP contribution in [0.5, 0.6) is 0 Å². The molecule has 535 valence electrons. The Hall–Kier alpha value is -8.63. The van der Waals surface area contributed by atoms with Crippen molar-refractivity contribution in [3.8, 4) is 67.8 Å². The van der Waals surface area contributed by atoms with Crippen LogP contribution in [0.25, 0.3) is 67.8 Å². The fourth-order valence-corrected chi connectivity index (χ4v) is 15.0. The van der Waals surface area contributed by atoms with Crippen LogP contribution in [0.2, 0.25) is 0 Å². The number of halogens is 3. The van der Waals surface area contributed by atoms with Crippen LogP contribution in [0.1, 0.15) is 31.7 Å². The number of hydrogen-bond acceptors (Lipinski definition) is 10. The van der Waals surface area contributed by atoms with E-state index in [-0.39, 0.29) is 12.7 Å². The molecule has 0 amide bonds. The maximum absolute atomic E-state index is 11.2. The van der Waals surface area contributed by atoms with Gasteiger partial charge in [-0.1, -0.05) is 88.7 Å². The number of hydrogen-bond donors (Lipinski definition) is 3. The van der Waals surface area contributed by atoms with Crippen LogP contribution in [-0.4, -0.2) is 101 Å². The van der Waals surface area contributed by atoms with E-state index in [1.165, 1.54) is 24.1 Å². The second-order valence-electron chi connectivity index (χ2n) is 22.9. The van der Waals surface area contributed by atoms with E-state index in [4.69, 9.17) is 19.0 Å². The Balaban J connectivity index is 0.000000184. The summed E-state index contributed by atoms with van der Waals surface area (Å²) in [5, 5.41) is 0.751. The van der Waals surface area contributed by atoms with Gasteiger partial charge in [-0.05, 0) is 198 Å². The fraction of sp³-hybridized carbons (Fsp3) is 0.175. The van der Waals surface area contributed by atoms with Gasteiger partial charge < -0.3 is 37.5 Å². The number of rotatable bonds is 18.